The summed E-state index contributed by atoms with van der Waals surface area (Å²) in [5.74, 6) is 0. The van der Waals surface area contributed by atoms with Crippen LogP contribution in [0.2, 0.25) is 0 Å². The Kier molecular flexibility index (Phi) is 2.04. The van der Waals surface area contributed by atoms with Crippen LogP contribution in [0, 0.1) is 22.7 Å². The van der Waals surface area contributed by atoms with Gasteiger partial charge in [0, 0.05) is 12.0 Å². The van der Waals surface area contributed by atoms with Gasteiger partial charge in [0.15, 0.2) is 0 Å². The number of nitrogens with zero attached hydrogens (tertiary/aromatic N) is 2. The fourth-order valence-corrected chi connectivity index (χ4v) is 1.87. The lowest BCUT2D eigenvalue weighted by molar-refractivity contribution is 0.669. The topological polar surface area (TPSA) is 73.6 Å². The van der Waals surface area contributed by atoms with Crippen LogP contribution in [0.3, 0.4) is 0 Å². The average Bonchev–Trinajstić information content (AvgIpc) is 2.46. The molecule has 0 aliphatic heterocycles. The highest BCUT2D eigenvalue weighted by Crippen LogP contribution is 2.39. The molecule has 1 unspecified atom stereocenters. The van der Waals surface area contributed by atoms with Crippen molar-refractivity contribution >= 4 is 0 Å². The molecule has 0 saturated carbocycles. The van der Waals surface area contributed by atoms with Crippen molar-refractivity contribution in [2.75, 3.05) is 0 Å². The molecule has 0 bridgehead atoms. The third kappa shape index (κ3) is 1.30. The zero-order valence-corrected chi connectivity index (χ0v) is 8.07. The van der Waals surface area contributed by atoms with Gasteiger partial charge in [-0.2, -0.15) is 10.5 Å². The zero-order chi connectivity index (χ0) is 10.9. The first-order valence-corrected chi connectivity index (χ1v) is 4.60. The second kappa shape index (κ2) is 3.24. The summed E-state index contributed by atoms with van der Waals surface area (Å²) < 4.78 is 0. The molecule has 0 spiro atoms. The van der Waals surface area contributed by atoms with E-state index in [0.717, 1.165) is 11.1 Å². The lowest BCUT2D eigenvalue weighted by Gasteiger charge is -2.16. The van der Waals surface area contributed by atoms with Crippen LogP contribution in [-0.2, 0) is 0 Å². The Hall–Kier alpha value is -2.10. The predicted octanol–water partition coefficient (Wildman–Crippen LogP) is 1.48. The molecule has 0 aromatic carbocycles. The second-order valence-corrected chi connectivity index (χ2v) is 3.59. The molecule has 1 atom stereocenters. The molecule has 2 N–H and O–H groups in total. The lowest BCUT2D eigenvalue weighted by Crippen LogP contribution is -2.37. The molecule has 0 aromatic heterocycles. The summed E-state index contributed by atoms with van der Waals surface area (Å²) in [7, 11) is 0. The maximum absolute atomic E-state index is 9.07. The molecule has 0 saturated heterocycles. The van der Waals surface area contributed by atoms with Crippen LogP contribution in [0.1, 0.15) is 6.42 Å². The lowest BCUT2D eigenvalue weighted by atomic mass is 9.91. The van der Waals surface area contributed by atoms with E-state index in [-0.39, 0.29) is 0 Å². The minimum absolute atomic E-state index is 0.305. The predicted molar refractivity (Wildman–Crippen MR) is 56.2 cm³/mol. The van der Waals surface area contributed by atoms with Gasteiger partial charge in [0.2, 0.25) is 0 Å². The summed E-state index contributed by atoms with van der Waals surface area (Å²) in [6.45, 7) is 0. The quantitative estimate of drug-likeness (QED) is 0.636. The maximum atomic E-state index is 9.07. The van der Waals surface area contributed by atoms with Gasteiger partial charge in [-0.1, -0.05) is 30.4 Å². The monoisotopic (exact) mass is 195 g/mol. The van der Waals surface area contributed by atoms with Crippen molar-refractivity contribution in [3.8, 4) is 12.1 Å². The fraction of sp³-hybridized carbons (Fsp3) is 0.167. The zero-order valence-electron chi connectivity index (χ0n) is 8.07. The summed E-state index contributed by atoms with van der Waals surface area (Å²) in [6.07, 6.45) is 9.48. The second-order valence-electron chi connectivity index (χ2n) is 3.59. The van der Waals surface area contributed by atoms with Gasteiger partial charge in [-0.3, -0.25) is 0 Å². The number of nitrogens with two attached hydrogens (primary N) is 1. The van der Waals surface area contributed by atoms with Crippen LogP contribution < -0.4 is 5.73 Å². The van der Waals surface area contributed by atoms with Crippen LogP contribution in [0.25, 0.3) is 0 Å². The molecule has 2 rings (SSSR count). The van der Waals surface area contributed by atoms with Gasteiger partial charge in [0.05, 0.1) is 12.1 Å². The van der Waals surface area contributed by atoms with Crippen LogP contribution in [0.4, 0.5) is 0 Å². The first-order valence-electron chi connectivity index (χ1n) is 4.60. The first kappa shape index (κ1) is 9.45. The molecule has 2 aliphatic rings. The van der Waals surface area contributed by atoms with E-state index in [2.05, 4.69) is 12.1 Å². The van der Waals surface area contributed by atoms with E-state index >= 15 is 0 Å². The van der Waals surface area contributed by atoms with Gasteiger partial charge in [0.25, 0.3) is 0 Å². The normalized spacial score (nSPS) is 27.8. The van der Waals surface area contributed by atoms with Gasteiger partial charge in [0.1, 0.15) is 5.54 Å². The summed E-state index contributed by atoms with van der Waals surface area (Å²) in [5, 5.41) is 18.0. The van der Waals surface area contributed by atoms with Crippen molar-refractivity contribution in [2.24, 2.45) is 5.73 Å². The Morgan fingerprint density at radius 2 is 2.07 bits per heavy atom. The summed E-state index contributed by atoms with van der Waals surface area (Å²) in [6, 6.07) is 4.19. The van der Waals surface area contributed by atoms with Crippen molar-refractivity contribution in [2.45, 2.75) is 12.0 Å². The van der Waals surface area contributed by atoms with E-state index < -0.39 is 5.54 Å². The molecule has 72 valence electrons. The van der Waals surface area contributed by atoms with Crippen molar-refractivity contribution in [1.29, 1.82) is 10.5 Å². The molecule has 3 nitrogen and oxygen atoms in total. The standard InChI is InChI=1S/C12H9N3/c13-7-9-6-12(15,8-14)11-5-3-1-2-4-10(9)11/h1-5H,6,15H2. The molecule has 0 fully saturated rings. The van der Waals surface area contributed by atoms with Gasteiger partial charge in [-0.25, -0.2) is 0 Å². The van der Waals surface area contributed by atoms with E-state index in [0.29, 0.717) is 12.0 Å². The molecule has 0 heterocycles. The van der Waals surface area contributed by atoms with Gasteiger partial charge >= 0.3 is 0 Å². The Morgan fingerprint density at radius 3 is 2.73 bits per heavy atom. The SMILES string of the molecule is N#CC1=C2C=CC=CC=C2C(N)(C#N)C1. The number of nitriles is 2. The Bertz CT molecular complexity index is 506. The highest BCUT2D eigenvalue weighted by Gasteiger charge is 2.39. The minimum Gasteiger partial charge on any atom is -0.309 e. The van der Waals surface area contributed by atoms with Crippen molar-refractivity contribution in [3.63, 3.8) is 0 Å². The number of hydrogen-bond donors (Lipinski definition) is 1. The molecule has 0 amide bonds. The number of rotatable bonds is 0. The van der Waals surface area contributed by atoms with Crippen molar-refractivity contribution in [1.82, 2.24) is 0 Å². The molecular weight excluding hydrogens is 186 g/mol. The van der Waals surface area contributed by atoms with Crippen LogP contribution in [0.5, 0.6) is 0 Å². The van der Waals surface area contributed by atoms with Crippen LogP contribution in [0.15, 0.2) is 47.1 Å². The fourth-order valence-electron chi connectivity index (χ4n) is 1.87. The molecule has 3 heteroatoms. The maximum Gasteiger partial charge on any atom is 0.135 e. The largest absolute Gasteiger partial charge is 0.309 e. The molecule has 2 aliphatic carbocycles. The third-order valence-corrected chi connectivity index (χ3v) is 2.63. The Balaban J connectivity index is 2.63. The highest BCUT2D eigenvalue weighted by atomic mass is 14.8. The summed E-state index contributed by atoms with van der Waals surface area (Å²) in [4.78, 5) is 0. The first-order chi connectivity index (χ1) is 7.21. The molecule has 15 heavy (non-hydrogen) atoms. The molecule has 0 aromatic rings. The van der Waals surface area contributed by atoms with E-state index in [1.165, 1.54) is 0 Å². The van der Waals surface area contributed by atoms with E-state index in [1.54, 1.807) is 0 Å². The number of fused-ring (bicyclic) bond motifs is 1. The third-order valence-electron chi connectivity index (χ3n) is 2.63. The Labute approximate surface area is 88.1 Å². The van der Waals surface area contributed by atoms with Gasteiger partial charge < -0.3 is 5.73 Å². The summed E-state index contributed by atoms with van der Waals surface area (Å²) >= 11 is 0. The van der Waals surface area contributed by atoms with E-state index in [4.69, 9.17) is 16.3 Å². The van der Waals surface area contributed by atoms with E-state index in [9.17, 15) is 0 Å². The minimum atomic E-state index is -1.04. The number of allylic oxidation sites excluding steroid dienone is 5. The smallest absolute Gasteiger partial charge is 0.135 e. The molecular formula is C12H9N3. The summed E-state index contributed by atoms with van der Waals surface area (Å²) in [5.41, 5.74) is 7.04. The van der Waals surface area contributed by atoms with Gasteiger partial charge in [-0.15, -0.1) is 0 Å². The van der Waals surface area contributed by atoms with Crippen molar-refractivity contribution < 1.29 is 0 Å². The average molecular weight is 195 g/mol. The van der Waals surface area contributed by atoms with Gasteiger partial charge in [-0.05, 0) is 11.1 Å². The number of hydrogen-bond acceptors (Lipinski definition) is 3. The van der Waals surface area contributed by atoms with Crippen molar-refractivity contribution in [3.05, 3.63) is 47.1 Å². The van der Waals surface area contributed by atoms with E-state index in [1.807, 2.05) is 30.4 Å². The van der Waals surface area contributed by atoms with Crippen LogP contribution >= 0.6 is 0 Å². The highest BCUT2D eigenvalue weighted by molar-refractivity contribution is 5.64. The van der Waals surface area contributed by atoms with Crippen LogP contribution in [-0.4, -0.2) is 5.54 Å². The molecule has 0 radical (unpaired) electrons. The Morgan fingerprint density at radius 1 is 1.27 bits per heavy atom.